The van der Waals surface area contributed by atoms with Gasteiger partial charge in [-0.3, -0.25) is 0 Å². The Morgan fingerprint density at radius 2 is 2.05 bits per heavy atom. The fourth-order valence-electron chi connectivity index (χ4n) is 2.48. The second-order valence-electron chi connectivity index (χ2n) is 6.18. The second-order valence-corrected chi connectivity index (χ2v) is 8.01. The minimum absolute atomic E-state index is 0.105. The Morgan fingerprint density at radius 3 is 2.76 bits per heavy atom. The minimum Gasteiger partial charge on any atom is -0.487 e. The molecule has 0 atom stereocenters. The molecule has 21 heavy (non-hydrogen) atoms. The van der Waals surface area contributed by atoms with Crippen LogP contribution in [0.15, 0.2) is 18.2 Å². The van der Waals surface area contributed by atoms with Crippen LogP contribution in [0, 0.1) is 0 Å². The number of ether oxygens (including phenoxy) is 1. The maximum atomic E-state index is 10.9. The molecule has 0 fully saturated rings. The number of benzene rings is 1. The van der Waals surface area contributed by atoms with Crippen LogP contribution >= 0.6 is 0 Å². The molecule has 0 radical (unpaired) electrons. The molecule has 1 aliphatic heterocycles. The van der Waals surface area contributed by atoms with Crippen LogP contribution < -0.4 is 14.8 Å². The summed E-state index contributed by atoms with van der Waals surface area (Å²) in [6.45, 7) is 6.23. The van der Waals surface area contributed by atoms with Crippen molar-refractivity contribution in [2.24, 2.45) is 0 Å². The first-order chi connectivity index (χ1) is 9.75. The van der Waals surface area contributed by atoms with Gasteiger partial charge in [-0.25, -0.2) is 13.1 Å². The summed E-state index contributed by atoms with van der Waals surface area (Å²) < 4.78 is 30.1. The normalized spacial score (nSPS) is 16.5. The molecule has 118 valence electrons. The summed E-state index contributed by atoms with van der Waals surface area (Å²) in [5, 5.41) is 3.32. The van der Waals surface area contributed by atoms with Crippen molar-refractivity contribution < 1.29 is 13.2 Å². The molecule has 1 heterocycles. The Labute approximate surface area is 127 Å². The largest absolute Gasteiger partial charge is 0.487 e. The van der Waals surface area contributed by atoms with E-state index in [1.165, 1.54) is 17.4 Å². The number of hydrogen-bond acceptors (Lipinski definition) is 4. The zero-order valence-corrected chi connectivity index (χ0v) is 13.7. The van der Waals surface area contributed by atoms with Crippen LogP contribution in [0.2, 0.25) is 0 Å². The van der Waals surface area contributed by atoms with E-state index >= 15 is 0 Å². The predicted octanol–water partition coefficient (Wildman–Crippen LogP) is 1.43. The summed E-state index contributed by atoms with van der Waals surface area (Å²) in [7, 11) is -3.07. The van der Waals surface area contributed by atoms with E-state index in [1.54, 1.807) is 0 Å². The molecule has 0 aliphatic carbocycles. The van der Waals surface area contributed by atoms with Gasteiger partial charge in [-0.2, -0.15) is 0 Å². The van der Waals surface area contributed by atoms with Crippen LogP contribution in [0.4, 0.5) is 0 Å². The van der Waals surface area contributed by atoms with Crippen molar-refractivity contribution in [2.75, 3.05) is 19.3 Å². The third-order valence-electron chi connectivity index (χ3n) is 3.35. The number of rotatable bonds is 7. The highest BCUT2D eigenvalue weighted by atomic mass is 32.2. The molecular weight excluding hydrogens is 288 g/mol. The number of nitrogens with one attached hydrogen (secondary N) is 2. The van der Waals surface area contributed by atoms with Gasteiger partial charge in [0.25, 0.3) is 0 Å². The van der Waals surface area contributed by atoms with Crippen molar-refractivity contribution in [3.63, 3.8) is 0 Å². The minimum atomic E-state index is -3.07. The zero-order valence-electron chi connectivity index (χ0n) is 12.9. The summed E-state index contributed by atoms with van der Waals surface area (Å²) in [6.07, 6.45) is 2.89. The number of hydrogen-bond donors (Lipinski definition) is 2. The van der Waals surface area contributed by atoms with Gasteiger partial charge in [0.2, 0.25) is 10.0 Å². The van der Waals surface area contributed by atoms with E-state index in [4.69, 9.17) is 4.74 Å². The quantitative estimate of drug-likeness (QED) is 0.748. The molecule has 1 aromatic carbocycles. The molecule has 0 aromatic heterocycles. The average Bonchev–Trinajstić information content (AvgIpc) is 2.65. The van der Waals surface area contributed by atoms with Crippen LogP contribution in [0.5, 0.6) is 5.75 Å². The molecule has 6 heteroatoms. The average molecular weight is 312 g/mol. The monoisotopic (exact) mass is 312 g/mol. The highest BCUT2D eigenvalue weighted by Gasteiger charge is 2.29. The van der Waals surface area contributed by atoms with Crippen molar-refractivity contribution in [3.05, 3.63) is 29.3 Å². The van der Waals surface area contributed by atoms with E-state index in [9.17, 15) is 8.42 Å². The van der Waals surface area contributed by atoms with Gasteiger partial charge >= 0.3 is 0 Å². The predicted molar refractivity (Wildman–Crippen MR) is 84.0 cm³/mol. The van der Waals surface area contributed by atoms with Crippen LogP contribution in [0.3, 0.4) is 0 Å². The number of fused-ring (bicyclic) bond motifs is 1. The maximum absolute atomic E-state index is 10.9. The smallest absolute Gasteiger partial charge is 0.208 e. The third kappa shape index (κ3) is 5.30. The van der Waals surface area contributed by atoms with E-state index < -0.39 is 10.0 Å². The molecule has 0 saturated carbocycles. The topological polar surface area (TPSA) is 67.4 Å². The van der Waals surface area contributed by atoms with E-state index in [0.717, 1.165) is 31.7 Å². The molecule has 2 N–H and O–H groups in total. The summed E-state index contributed by atoms with van der Waals surface area (Å²) in [6, 6.07) is 6.29. The van der Waals surface area contributed by atoms with Crippen molar-refractivity contribution in [1.29, 1.82) is 0 Å². The van der Waals surface area contributed by atoms with Gasteiger partial charge in [-0.1, -0.05) is 12.1 Å². The standard InChI is InChI=1S/C15H24N2O3S/c1-15(2)10-13-9-12(5-6-14(13)20-15)11-16-7-4-8-17-21(3,18)19/h5-6,9,16-17H,4,7-8,10-11H2,1-3H3. The molecular formula is C15H24N2O3S. The molecule has 0 unspecified atom stereocenters. The van der Waals surface area contributed by atoms with Crippen LogP contribution in [0.25, 0.3) is 0 Å². The van der Waals surface area contributed by atoms with E-state index in [2.05, 4.69) is 36.0 Å². The summed E-state index contributed by atoms with van der Waals surface area (Å²) >= 11 is 0. The van der Waals surface area contributed by atoms with E-state index in [-0.39, 0.29) is 5.60 Å². The molecule has 1 aliphatic rings. The molecule has 5 nitrogen and oxygen atoms in total. The first-order valence-corrected chi connectivity index (χ1v) is 9.10. The molecule has 1 aromatic rings. The van der Waals surface area contributed by atoms with Gasteiger partial charge in [0, 0.05) is 19.5 Å². The van der Waals surface area contributed by atoms with Gasteiger partial charge in [0.1, 0.15) is 11.4 Å². The molecule has 0 amide bonds. The van der Waals surface area contributed by atoms with E-state index in [0.29, 0.717) is 6.54 Å². The summed E-state index contributed by atoms with van der Waals surface area (Å²) in [5.41, 5.74) is 2.38. The first-order valence-electron chi connectivity index (χ1n) is 7.21. The van der Waals surface area contributed by atoms with Crippen molar-refractivity contribution in [1.82, 2.24) is 10.0 Å². The Morgan fingerprint density at radius 1 is 1.29 bits per heavy atom. The van der Waals surface area contributed by atoms with Gasteiger partial charge < -0.3 is 10.1 Å². The second kappa shape index (κ2) is 6.34. The zero-order chi connectivity index (χ0) is 15.5. The van der Waals surface area contributed by atoms with Gasteiger partial charge in [0.15, 0.2) is 0 Å². The van der Waals surface area contributed by atoms with Gasteiger partial charge in [0.05, 0.1) is 6.26 Å². The summed E-state index contributed by atoms with van der Waals surface area (Å²) in [4.78, 5) is 0. The fourth-order valence-corrected chi connectivity index (χ4v) is 2.99. The highest BCUT2D eigenvalue weighted by molar-refractivity contribution is 7.88. The molecule has 0 saturated heterocycles. The van der Waals surface area contributed by atoms with Crippen LogP contribution in [0.1, 0.15) is 31.4 Å². The number of sulfonamides is 1. The van der Waals surface area contributed by atoms with Gasteiger partial charge in [-0.05, 0) is 44.0 Å². The first kappa shape index (κ1) is 16.3. The SMILES string of the molecule is CC1(C)Cc2cc(CNCCCNS(C)(=O)=O)ccc2O1. The van der Waals surface area contributed by atoms with E-state index in [1.807, 2.05) is 6.07 Å². The fraction of sp³-hybridized carbons (Fsp3) is 0.600. The van der Waals surface area contributed by atoms with Crippen molar-refractivity contribution in [3.8, 4) is 5.75 Å². The Bertz CT molecular complexity index is 597. The Balaban J connectivity index is 1.73. The van der Waals surface area contributed by atoms with Gasteiger partial charge in [-0.15, -0.1) is 0 Å². The molecule has 2 rings (SSSR count). The van der Waals surface area contributed by atoms with Crippen LogP contribution in [-0.4, -0.2) is 33.4 Å². The molecule has 0 bridgehead atoms. The lowest BCUT2D eigenvalue weighted by Crippen LogP contribution is -2.26. The van der Waals surface area contributed by atoms with Crippen LogP contribution in [-0.2, 0) is 23.0 Å². The third-order valence-corrected chi connectivity index (χ3v) is 4.08. The highest BCUT2D eigenvalue weighted by Crippen LogP contribution is 2.35. The van der Waals surface area contributed by atoms with Crippen molar-refractivity contribution >= 4 is 10.0 Å². The lowest BCUT2D eigenvalue weighted by molar-refractivity contribution is 0.138. The maximum Gasteiger partial charge on any atom is 0.208 e. The summed E-state index contributed by atoms with van der Waals surface area (Å²) in [5.74, 6) is 0.987. The van der Waals surface area contributed by atoms with Crippen molar-refractivity contribution in [2.45, 2.75) is 38.8 Å². The Hall–Kier alpha value is -1.11. The Kier molecular flexibility index (Phi) is 4.91. The molecule has 0 spiro atoms. The lowest BCUT2D eigenvalue weighted by atomic mass is 10.0. The lowest BCUT2D eigenvalue weighted by Gasteiger charge is -2.16.